The van der Waals surface area contributed by atoms with Crippen molar-refractivity contribution in [2.75, 3.05) is 12.3 Å². The van der Waals surface area contributed by atoms with Crippen LogP contribution in [0.5, 0.6) is 5.75 Å². The van der Waals surface area contributed by atoms with Gasteiger partial charge in [0.05, 0.1) is 33.2 Å². The number of aryl methyl sites for hydroxylation is 2. The zero-order chi connectivity index (χ0) is 71.6. The number of benzene rings is 3. The number of rotatable bonds is 2. The highest BCUT2D eigenvalue weighted by molar-refractivity contribution is 9.10. The van der Waals surface area contributed by atoms with E-state index in [9.17, 15) is 24.0 Å². The number of nitrogens with one attached hydrogen (secondary N) is 1. The van der Waals surface area contributed by atoms with Crippen LogP contribution in [0.15, 0.2) is 127 Å². The molecule has 4 aromatic heterocycles. The number of Topliss-reactive ketones (excluding diaryl/α,β-unsaturated/α-hetero) is 1. The molecule has 12 rings (SSSR count). The molecule has 97 heavy (non-hydrogen) atoms. The molecule has 520 valence electrons. The Morgan fingerprint density at radius 1 is 0.608 bits per heavy atom. The van der Waals surface area contributed by atoms with Gasteiger partial charge in [-0.25, -0.2) is 24.1 Å². The predicted molar refractivity (Wildman–Crippen MR) is 400 cm³/mol. The maximum absolute atomic E-state index is 12.9. The highest BCUT2D eigenvalue weighted by Gasteiger charge is 2.28. The number of carbonyl (C=O) groups excluding carboxylic acids is 3. The van der Waals surface area contributed by atoms with Gasteiger partial charge in [0, 0.05) is 100 Å². The van der Waals surface area contributed by atoms with E-state index in [0.717, 1.165) is 171 Å². The zero-order valence-corrected chi connectivity index (χ0v) is 63.0. The first-order valence-corrected chi connectivity index (χ1v) is 37.0. The molecule has 0 atom stereocenters. The van der Waals surface area contributed by atoms with Crippen LogP contribution >= 0.6 is 53.2 Å². The number of hydrogen-bond donors (Lipinski definition) is 3. The minimum absolute atomic E-state index is 0.0620. The number of nitrogens with two attached hydrogens (primary N) is 1. The zero-order valence-electron chi connectivity index (χ0n) is 57.5. The maximum atomic E-state index is 12.9. The quantitative estimate of drug-likeness (QED) is 0.0365. The first kappa shape index (κ1) is 80.6. The molecular weight excluding hydrogens is 1420 g/mol. The minimum Gasteiger partial charge on any atom is -0.427 e. The Morgan fingerprint density at radius 3 is 1.54 bits per heavy atom. The van der Waals surface area contributed by atoms with Gasteiger partial charge in [-0.1, -0.05) is 130 Å². The van der Waals surface area contributed by atoms with Crippen LogP contribution < -0.4 is 26.9 Å². The molecule has 17 nitrogen and oxygen atoms in total. The van der Waals surface area contributed by atoms with E-state index in [1.807, 2.05) is 75.9 Å². The Balaban J connectivity index is 0.000000212. The van der Waals surface area contributed by atoms with Crippen LogP contribution in [0.3, 0.4) is 0 Å². The fraction of sp³-hybridized carbons (Fsp3) is 0.467. The van der Waals surface area contributed by atoms with Gasteiger partial charge in [0.1, 0.15) is 28.8 Å². The minimum atomic E-state index is -1.67. The number of amides is 1. The number of fused-ring (bicyclic) bond motifs is 4. The fourth-order valence-corrected chi connectivity index (χ4v) is 11.6. The number of hydrogen-bond acceptors (Lipinski definition) is 14. The summed E-state index contributed by atoms with van der Waals surface area (Å²) in [5.41, 5.74) is 12.6. The summed E-state index contributed by atoms with van der Waals surface area (Å²) in [4.78, 5) is 74.6. The molecule has 22 heteroatoms. The molecule has 0 radical (unpaired) electrons. The molecule has 4 N–H and O–H groups in total. The average molecular weight is 1510 g/mol. The second-order valence-corrected chi connectivity index (χ2v) is 32.7. The van der Waals surface area contributed by atoms with Crippen LogP contribution in [-0.4, -0.2) is 68.9 Å². The van der Waals surface area contributed by atoms with Gasteiger partial charge in [-0.15, -0.1) is 6.42 Å². The van der Waals surface area contributed by atoms with E-state index in [1.165, 1.54) is 0 Å². The number of halogens is 4. The molecule has 7 heterocycles. The van der Waals surface area contributed by atoms with Crippen molar-refractivity contribution in [2.45, 2.75) is 191 Å². The van der Waals surface area contributed by atoms with Crippen molar-refractivity contribution in [1.29, 1.82) is 0 Å². The number of ketones is 1. The predicted octanol–water partition coefficient (Wildman–Crippen LogP) is 16.6. The average Bonchev–Trinajstić information content (AvgIpc) is 0.973. The van der Waals surface area contributed by atoms with Crippen LogP contribution in [0.1, 0.15) is 194 Å². The fourth-order valence-electron chi connectivity index (χ4n) is 10.8. The molecule has 1 amide bonds. The smallest absolute Gasteiger partial charge is 0.298 e. The first-order valence-electron chi connectivity index (χ1n) is 32.6. The van der Waals surface area contributed by atoms with Gasteiger partial charge in [0.15, 0.2) is 5.75 Å². The molecule has 0 unspecified atom stereocenters. The Bertz CT molecular complexity index is 4060. The number of oxime groups is 1. The van der Waals surface area contributed by atoms with Gasteiger partial charge in [0.2, 0.25) is 15.1 Å². The highest BCUT2D eigenvalue weighted by atomic mass is 79.9. The van der Waals surface area contributed by atoms with E-state index < -0.39 is 9.23 Å². The van der Waals surface area contributed by atoms with Crippen LogP contribution in [-0.2, 0) is 49.5 Å². The normalized spacial score (nSPS) is 17.3. The van der Waals surface area contributed by atoms with E-state index in [0.29, 0.717) is 62.8 Å². The molecule has 3 aromatic carbocycles. The third kappa shape index (κ3) is 28.7. The summed E-state index contributed by atoms with van der Waals surface area (Å²) in [5.74, 6) is 11.5. The van der Waals surface area contributed by atoms with Gasteiger partial charge in [-0.05, 0) is 189 Å². The van der Waals surface area contributed by atoms with E-state index >= 15 is 0 Å². The summed E-state index contributed by atoms with van der Waals surface area (Å²) in [6.07, 6.45) is 25.2. The first-order chi connectivity index (χ1) is 45.7. The summed E-state index contributed by atoms with van der Waals surface area (Å²) in [6, 6.07) is 27.5. The number of anilines is 1. The van der Waals surface area contributed by atoms with Crippen molar-refractivity contribution in [2.24, 2.45) is 32.2 Å². The van der Waals surface area contributed by atoms with Gasteiger partial charge >= 0.3 is 0 Å². The highest BCUT2D eigenvalue weighted by Crippen LogP contribution is 2.36. The number of pyridine rings is 2. The summed E-state index contributed by atoms with van der Waals surface area (Å²) >= 11 is 6.66. The van der Waals surface area contributed by atoms with E-state index in [2.05, 4.69) is 165 Å². The molecule has 2 aliphatic carbocycles. The van der Waals surface area contributed by atoms with Crippen molar-refractivity contribution in [3.63, 3.8) is 0 Å². The molecule has 0 spiro atoms. The van der Waals surface area contributed by atoms with Gasteiger partial charge in [-0.3, -0.25) is 33.1 Å². The van der Waals surface area contributed by atoms with Gasteiger partial charge in [0.25, 0.3) is 17.6 Å². The standard InChI is InChI=1S/C22H21N3O.C15H17BrN2O.2C8H15NO.C8H14O.C7H6BrNO2.C7H5N.Cl2OS/c1-22(2)11-10-20-24-19-15-16(6-8-17-5-3-4-13-23-17)7-9-18(19)21(26)25(20)14-12-22;1-15(2)6-5-13-17-12-9-10(16)3-4-11(12)14(19)18(13)8-7-15;1-8(2)5-3-7(9-10)4-6-8;1-8(2)4-3-7(10)9-6-5-8;1-8(2)5-3-7(9)4-6-8;8-5-1-2-7(11-4-10)6(9)3-5;1-2-7-5-3-4-6-8-7;1-4(2)3/h3-5,7,9,13,15H,10-12,14H2,1-2H3;3-4,9H,5-8H2,1-2H3;10H,3-6H2,1-2H3;3-6H2,1-2H3,(H,9,10);3-6H2,1-2H3;1-4H,9H2;1,3-6H;. The Hall–Kier alpha value is -7.07. The molecule has 2 saturated carbocycles. The summed E-state index contributed by atoms with van der Waals surface area (Å²) < 4.78 is 19.2. The van der Waals surface area contributed by atoms with Crippen molar-refractivity contribution < 1.29 is 28.5 Å². The lowest BCUT2D eigenvalue weighted by molar-refractivity contribution is -0.122. The molecule has 3 aliphatic heterocycles. The number of ether oxygens (including phenoxy) is 1. The molecule has 0 bridgehead atoms. The Labute approximate surface area is 600 Å². The van der Waals surface area contributed by atoms with E-state index in [4.69, 9.17) is 31.5 Å². The Kier molecular flexibility index (Phi) is 31.9. The third-order valence-electron chi connectivity index (χ3n) is 17.7. The maximum Gasteiger partial charge on any atom is 0.298 e. The van der Waals surface area contributed by atoms with Crippen LogP contribution in [0.2, 0.25) is 0 Å². The van der Waals surface area contributed by atoms with Crippen LogP contribution in [0, 0.1) is 51.3 Å². The largest absolute Gasteiger partial charge is 0.427 e. The van der Waals surface area contributed by atoms with E-state index in [-0.39, 0.29) is 27.9 Å². The number of aromatic nitrogens is 6. The SMILES string of the molecule is C#Cc1ccccn1.CC1(C)CCC(=NO)CC1.CC1(C)CCC(=O)CC1.CC1(C)CCNC(=O)CC1.CC1(C)CCc2nc3cc(Br)ccc3c(=O)n2CC1.CC1(C)CCc2nc3cc(C#Cc4ccccn4)ccc3c(=O)n2CC1.Nc1cc(Br)ccc1OC=O.O=S(Cl)Cl. The molecule has 7 aromatic rings. The van der Waals surface area contributed by atoms with Crippen LogP contribution in [0.25, 0.3) is 21.8 Å². The molecule has 5 aliphatic rings. The van der Waals surface area contributed by atoms with Crippen molar-refractivity contribution in [3.05, 3.63) is 162 Å². The number of nitrogens with zero attached hydrogens (tertiary/aromatic N) is 7. The van der Waals surface area contributed by atoms with Gasteiger partial charge < -0.3 is 21.0 Å². The second-order valence-electron chi connectivity index (χ2n) is 28.4. The summed E-state index contributed by atoms with van der Waals surface area (Å²) in [6.45, 7) is 25.2. The summed E-state index contributed by atoms with van der Waals surface area (Å²) in [7, 11) is 7.36. The molecule has 1 saturated heterocycles. The number of terminal acetylenes is 1. The molecule has 3 fully saturated rings. The van der Waals surface area contributed by atoms with Crippen LogP contribution in [0.4, 0.5) is 5.69 Å². The van der Waals surface area contributed by atoms with Crippen molar-refractivity contribution in [3.8, 4) is 29.9 Å². The van der Waals surface area contributed by atoms with Crippen molar-refractivity contribution >= 4 is 114 Å². The van der Waals surface area contributed by atoms with Crippen molar-refractivity contribution in [1.82, 2.24) is 34.4 Å². The monoisotopic (exact) mass is 1510 g/mol. The third-order valence-corrected chi connectivity index (χ3v) is 18.7. The lowest BCUT2D eigenvalue weighted by atomic mass is 9.77. The lowest BCUT2D eigenvalue weighted by Gasteiger charge is -2.29. The van der Waals surface area contributed by atoms with E-state index in [1.54, 1.807) is 36.7 Å². The number of carbonyl (C=O) groups is 3. The Morgan fingerprint density at radius 2 is 1.06 bits per heavy atom. The number of nitrogen functional groups attached to an aromatic ring is 1. The van der Waals surface area contributed by atoms with Gasteiger partial charge in [-0.2, -0.15) is 0 Å². The lowest BCUT2D eigenvalue weighted by Crippen LogP contribution is -2.24. The molecular formula is C75H93Br2Cl2N9O8S. The summed E-state index contributed by atoms with van der Waals surface area (Å²) in [5, 5.41) is 15.9. The second kappa shape index (κ2) is 38.3. The topological polar surface area (TPSA) is 244 Å².